The standard InChI is InChI=1S/C24H19NO5S/c26-12-5-4-9-15-10-6-11-16-17(13-25-19(15)16)20(27)23-21(28)18(22(31-23)24(29)30)14-7-2-1-3-8-14/h1-4,6-11,13,25-26,28H,5,12H2,(H,29,30). The average Bonchev–Trinajstić information content (AvgIpc) is 3.36. The van der Waals surface area contributed by atoms with E-state index in [1.807, 2.05) is 24.3 Å². The van der Waals surface area contributed by atoms with Gasteiger partial charge in [-0.3, -0.25) is 4.79 Å². The lowest BCUT2D eigenvalue weighted by Gasteiger charge is -2.03. The molecule has 4 N–H and O–H groups in total. The molecular weight excluding hydrogens is 414 g/mol. The molecule has 31 heavy (non-hydrogen) atoms. The number of aliphatic hydroxyl groups excluding tert-OH is 1. The zero-order chi connectivity index (χ0) is 22.0. The Balaban J connectivity index is 1.82. The number of H-pyrrole nitrogens is 1. The van der Waals surface area contributed by atoms with Gasteiger partial charge in [-0.05, 0) is 17.5 Å². The number of aliphatic hydroxyl groups is 1. The molecule has 0 aliphatic heterocycles. The number of carbonyl (C=O) groups excluding carboxylic acids is 1. The summed E-state index contributed by atoms with van der Waals surface area (Å²) in [4.78, 5) is 28.1. The molecule has 2 heterocycles. The summed E-state index contributed by atoms with van der Waals surface area (Å²) in [5.41, 5.74) is 2.63. The van der Waals surface area contributed by atoms with Crippen LogP contribution in [-0.4, -0.2) is 38.7 Å². The van der Waals surface area contributed by atoms with Crippen molar-refractivity contribution in [3.8, 4) is 16.9 Å². The molecule has 0 fully saturated rings. The fourth-order valence-corrected chi connectivity index (χ4v) is 4.52. The highest BCUT2D eigenvalue weighted by molar-refractivity contribution is 7.17. The normalized spacial score (nSPS) is 11.4. The van der Waals surface area contributed by atoms with Gasteiger partial charge in [0.25, 0.3) is 0 Å². The van der Waals surface area contributed by atoms with Gasteiger partial charge in [-0.25, -0.2) is 4.79 Å². The van der Waals surface area contributed by atoms with Crippen LogP contribution < -0.4 is 0 Å². The molecule has 0 aliphatic rings. The molecule has 0 saturated carbocycles. The Hall–Kier alpha value is -3.68. The number of aromatic hydroxyl groups is 1. The largest absolute Gasteiger partial charge is 0.506 e. The van der Waals surface area contributed by atoms with E-state index < -0.39 is 11.8 Å². The highest BCUT2D eigenvalue weighted by Crippen LogP contribution is 2.43. The van der Waals surface area contributed by atoms with Crippen LogP contribution in [0, 0.1) is 0 Å². The van der Waals surface area contributed by atoms with Crippen molar-refractivity contribution in [1.29, 1.82) is 0 Å². The second-order valence-corrected chi connectivity index (χ2v) is 7.89. The minimum Gasteiger partial charge on any atom is -0.506 e. The number of para-hydroxylation sites is 1. The van der Waals surface area contributed by atoms with Crippen LogP contribution in [0.15, 0.2) is 60.8 Å². The molecule has 4 rings (SSSR count). The predicted molar refractivity (Wildman–Crippen MR) is 121 cm³/mol. The van der Waals surface area contributed by atoms with E-state index in [2.05, 4.69) is 4.98 Å². The van der Waals surface area contributed by atoms with Gasteiger partial charge in [0.15, 0.2) is 0 Å². The molecule has 0 radical (unpaired) electrons. The lowest BCUT2D eigenvalue weighted by Crippen LogP contribution is -1.98. The van der Waals surface area contributed by atoms with Crippen molar-refractivity contribution in [2.75, 3.05) is 6.61 Å². The Morgan fingerprint density at radius 2 is 1.81 bits per heavy atom. The molecule has 0 amide bonds. The topological polar surface area (TPSA) is 111 Å². The third-order valence-corrected chi connectivity index (χ3v) is 6.10. The van der Waals surface area contributed by atoms with Crippen LogP contribution in [0.2, 0.25) is 0 Å². The molecule has 0 saturated heterocycles. The SMILES string of the molecule is O=C(O)c1sc(C(=O)c2c[nH]c3c(C=CCCO)cccc23)c(O)c1-c1ccccc1. The Kier molecular flexibility index (Phi) is 5.70. The number of carbonyl (C=O) groups is 2. The van der Waals surface area contributed by atoms with E-state index in [4.69, 9.17) is 5.11 Å². The van der Waals surface area contributed by atoms with Gasteiger partial charge in [0, 0.05) is 29.3 Å². The monoisotopic (exact) mass is 433 g/mol. The van der Waals surface area contributed by atoms with Crippen molar-refractivity contribution in [1.82, 2.24) is 4.98 Å². The van der Waals surface area contributed by atoms with E-state index in [0.29, 0.717) is 22.9 Å². The summed E-state index contributed by atoms with van der Waals surface area (Å²) in [7, 11) is 0. The van der Waals surface area contributed by atoms with Crippen LogP contribution in [0.5, 0.6) is 5.75 Å². The number of benzene rings is 2. The smallest absolute Gasteiger partial charge is 0.346 e. The number of thiophene rings is 1. The van der Waals surface area contributed by atoms with Crippen molar-refractivity contribution in [3.63, 3.8) is 0 Å². The molecule has 6 nitrogen and oxygen atoms in total. The maximum Gasteiger partial charge on any atom is 0.346 e. The summed E-state index contributed by atoms with van der Waals surface area (Å²) in [6.45, 7) is 0.0499. The Bertz CT molecular complexity index is 1300. The molecule has 4 aromatic rings. The first kappa shape index (κ1) is 20.6. The maximum atomic E-state index is 13.3. The number of fused-ring (bicyclic) bond motifs is 1. The van der Waals surface area contributed by atoms with Crippen molar-refractivity contribution in [2.24, 2.45) is 0 Å². The van der Waals surface area contributed by atoms with Gasteiger partial charge < -0.3 is 20.3 Å². The molecule has 156 valence electrons. The van der Waals surface area contributed by atoms with E-state index in [9.17, 15) is 19.8 Å². The predicted octanol–water partition coefficient (Wildman–Crippen LogP) is 4.93. The highest BCUT2D eigenvalue weighted by atomic mass is 32.1. The van der Waals surface area contributed by atoms with Crippen molar-refractivity contribution in [2.45, 2.75) is 6.42 Å². The van der Waals surface area contributed by atoms with Crippen LogP contribution in [0.1, 0.15) is 36.9 Å². The number of aromatic nitrogens is 1. The van der Waals surface area contributed by atoms with Crippen LogP contribution in [0.3, 0.4) is 0 Å². The molecule has 2 aromatic carbocycles. The average molecular weight is 433 g/mol. The Labute approximate surface area is 181 Å². The third kappa shape index (κ3) is 3.76. The summed E-state index contributed by atoms with van der Waals surface area (Å²) >= 11 is 0.770. The first-order valence-corrected chi connectivity index (χ1v) is 10.4. The van der Waals surface area contributed by atoms with Crippen molar-refractivity contribution >= 4 is 40.1 Å². The first-order valence-electron chi connectivity index (χ1n) is 9.59. The van der Waals surface area contributed by atoms with Gasteiger partial charge in [-0.1, -0.05) is 60.7 Å². The number of ketones is 1. The van der Waals surface area contributed by atoms with E-state index in [0.717, 1.165) is 22.4 Å². The number of aromatic carboxylic acids is 1. The van der Waals surface area contributed by atoms with E-state index in [1.54, 1.807) is 42.6 Å². The highest BCUT2D eigenvalue weighted by Gasteiger charge is 2.28. The number of aromatic amines is 1. The van der Waals surface area contributed by atoms with E-state index in [1.165, 1.54) is 0 Å². The molecule has 0 atom stereocenters. The van der Waals surface area contributed by atoms with E-state index >= 15 is 0 Å². The van der Waals surface area contributed by atoms with Gasteiger partial charge in [0.2, 0.25) is 5.78 Å². The molecule has 0 spiro atoms. The van der Waals surface area contributed by atoms with Gasteiger partial charge in [-0.15, -0.1) is 11.3 Å². The number of nitrogens with one attached hydrogen (secondary N) is 1. The second kappa shape index (κ2) is 8.59. The molecule has 0 bridgehead atoms. The number of rotatable bonds is 7. The quantitative estimate of drug-likeness (QED) is 0.309. The van der Waals surface area contributed by atoms with Gasteiger partial charge in [0.1, 0.15) is 15.5 Å². The number of hydrogen-bond donors (Lipinski definition) is 4. The Morgan fingerprint density at radius 1 is 1.03 bits per heavy atom. The van der Waals surface area contributed by atoms with Crippen LogP contribution >= 0.6 is 11.3 Å². The summed E-state index contributed by atoms with van der Waals surface area (Å²) < 4.78 is 0. The zero-order valence-electron chi connectivity index (χ0n) is 16.3. The summed E-state index contributed by atoms with van der Waals surface area (Å²) in [5.74, 6) is -1.98. The number of carboxylic acid groups (broad SMARTS) is 1. The fraction of sp³-hybridized carbons (Fsp3) is 0.0833. The van der Waals surface area contributed by atoms with Crippen molar-refractivity contribution in [3.05, 3.63) is 81.7 Å². The van der Waals surface area contributed by atoms with E-state index in [-0.39, 0.29) is 27.7 Å². The minimum atomic E-state index is -1.20. The molecule has 0 aliphatic carbocycles. The molecule has 0 unspecified atom stereocenters. The zero-order valence-corrected chi connectivity index (χ0v) is 17.1. The lowest BCUT2D eigenvalue weighted by molar-refractivity contribution is 0.0702. The second-order valence-electron chi connectivity index (χ2n) is 6.87. The van der Waals surface area contributed by atoms with Crippen LogP contribution in [0.25, 0.3) is 28.1 Å². The van der Waals surface area contributed by atoms with Crippen LogP contribution in [0.4, 0.5) is 0 Å². The number of hydrogen-bond acceptors (Lipinski definition) is 5. The number of carboxylic acids is 1. The summed E-state index contributed by atoms with van der Waals surface area (Å²) in [5, 5.41) is 30.1. The fourth-order valence-electron chi connectivity index (χ4n) is 3.51. The molecule has 7 heteroatoms. The molecular formula is C24H19NO5S. The Morgan fingerprint density at radius 3 is 2.52 bits per heavy atom. The maximum absolute atomic E-state index is 13.3. The van der Waals surface area contributed by atoms with Gasteiger partial charge in [0.05, 0.1) is 5.52 Å². The molecule has 2 aromatic heterocycles. The van der Waals surface area contributed by atoms with Crippen LogP contribution in [-0.2, 0) is 0 Å². The lowest BCUT2D eigenvalue weighted by atomic mass is 10.0. The van der Waals surface area contributed by atoms with Crippen molar-refractivity contribution < 1.29 is 24.9 Å². The minimum absolute atomic E-state index is 0.0154. The summed E-state index contributed by atoms with van der Waals surface area (Å²) in [6.07, 6.45) is 5.79. The van der Waals surface area contributed by atoms with Gasteiger partial charge in [-0.2, -0.15) is 0 Å². The summed E-state index contributed by atoms with van der Waals surface area (Å²) in [6, 6.07) is 14.2. The first-order chi connectivity index (χ1) is 15.0. The van der Waals surface area contributed by atoms with Gasteiger partial charge >= 0.3 is 5.97 Å². The third-order valence-electron chi connectivity index (χ3n) is 4.93.